The lowest BCUT2D eigenvalue weighted by Gasteiger charge is -2.43. The van der Waals surface area contributed by atoms with Crippen molar-refractivity contribution in [1.29, 1.82) is 0 Å². The van der Waals surface area contributed by atoms with Crippen LogP contribution in [0.2, 0.25) is 0 Å². The molecule has 0 amide bonds. The van der Waals surface area contributed by atoms with Gasteiger partial charge in [-0.05, 0) is 37.5 Å². The van der Waals surface area contributed by atoms with Crippen LogP contribution in [0.15, 0.2) is 0 Å². The molecule has 1 heteroatoms. The highest BCUT2D eigenvalue weighted by atomic mass is 15.0. The second kappa shape index (κ2) is 2.78. The van der Waals surface area contributed by atoms with Gasteiger partial charge < -0.3 is 5.32 Å². The molecule has 64 valence electrons. The first kappa shape index (κ1) is 7.60. The first-order valence-corrected chi connectivity index (χ1v) is 5.03. The summed E-state index contributed by atoms with van der Waals surface area (Å²) in [6.07, 6.45) is 5.73. The van der Waals surface area contributed by atoms with E-state index >= 15 is 0 Å². The molecule has 0 saturated heterocycles. The van der Waals surface area contributed by atoms with Gasteiger partial charge in [-0.2, -0.15) is 0 Å². The van der Waals surface area contributed by atoms with Gasteiger partial charge in [0.1, 0.15) is 0 Å². The molecular weight excluding hydrogens is 134 g/mol. The molecule has 1 N–H and O–H groups in total. The molecular formula is C10H19N. The Morgan fingerprint density at radius 3 is 1.45 bits per heavy atom. The zero-order valence-corrected chi connectivity index (χ0v) is 7.64. The smallest absolute Gasteiger partial charge is 0.00955 e. The molecule has 0 bridgehead atoms. The second-order valence-electron chi connectivity index (χ2n) is 4.49. The van der Waals surface area contributed by atoms with E-state index in [9.17, 15) is 0 Å². The molecule has 1 nitrogen and oxygen atoms in total. The van der Waals surface area contributed by atoms with Gasteiger partial charge >= 0.3 is 0 Å². The van der Waals surface area contributed by atoms with Crippen molar-refractivity contribution in [3.8, 4) is 0 Å². The highest BCUT2D eigenvalue weighted by Gasteiger charge is 2.33. The minimum Gasteiger partial charge on any atom is -0.311 e. The summed E-state index contributed by atoms with van der Waals surface area (Å²) in [6, 6.07) is 1.73. The number of nitrogens with one attached hydrogen (secondary N) is 1. The third-order valence-electron chi connectivity index (χ3n) is 3.67. The maximum Gasteiger partial charge on any atom is 0.00955 e. The second-order valence-corrected chi connectivity index (χ2v) is 4.49. The summed E-state index contributed by atoms with van der Waals surface area (Å²) >= 11 is 0. The standard InChI is InChI=1S/C10H19N/c1-7-3-5-9(7)11-10-6-4-8(10)2/h7-11H,3-6H2,1-2H3. The molecule has 4 unspecified atom stereocenters. The van der Waals surface area contributed by atoms with Gasteiger partial charge in [0.2, 0.25) is 0 Å². The molecule has 0 radical (unpaired) electrons. The number of hydrogen-bond acceptors (Lipinski definition) is 1. The van der Waals surface area contributed by atoms with Crippen molar-refractivity contribution in [2.24, 2.45) is 11.8 Å². The normalized spacial score (nSPS) is 49.6. The van der Waals surface area contributed by atoms with E-state index in [1.165, 1.54) is 25.7 Å². The Morgan fingerprint density at radius 2 is 1.27 bits per heavy atom. The van der Waals surface area contributed by atoms with Gasteiger partial charge in [-0.1, -0.05) is 13.8 Å². The third kappa shape index (κ3) is 1.31. The van der Waals surface area contributed by atoms with Gasteiger partial charge in [0.25, 0.3) is 0 Å². The zero-order valence-electron chi connectivity index (χ0n) is 7.64. The van der Waals surface area contributed by atoms with Gasteiger partial charge in [0, 0.05) is 12.1 Å². The minimum atomic E-state index is 0.864. The van der Waals surface area contributed by atoms with E-state index in [0.29, 0.717) is 0 Å². The first-order chi connectivity index (χ1) is 5.27. The van der Waals surface area contributed by atoms with E-state index in [0.717, 1.165) is 23.9 Å². The van der Waals surface area contributed by atoms with Crippen molar-refractivity contribution in [3.05, 3.63) is 0 Å². The van der Waals surface area contributed by atoms with Crippen LogP contribution in [-0.4, -0.2) is 12.1 Å². The van der Waals surface area contributed by atoms with E-state index in [1.54, 1.807) is 0 Å². The monoisotopic (exact) mass is 153 g/mol. The van der Waals surface area contributed by atoms with Crippen LogP contribution in [0.5, 0.6) is 0 Å². The Morgan fingerprint density at radius 1 is 0.818 bits per heavy atom. The fourth-order valence-corrected chi connectivity index (χ4v) is 2.10. The van der Waals surface area contributed by atoms with Crippen molar-refractivity contribution in [3.63, 3.8) is 0 Å². The highest BCUT2D eigenvalue weighted by molar-refractivity contribution is 4.91. The maximum atomic E-state index is 3.75. The van der Waals surface area contributed by atoms with Gasteiger partial charge in [-0.3, -0.25) is 0 Å². The number of rotatable bonds is 2. The Bertz CT molecular complexity index is 128. The molecule has 2 saturated carbocycles. The Hall–Kier alpha value is -0.0400. The zero-order chi connectivity index (χ0) is 7.84. The van der Waals surface area contributed by atoms with E-state index < -0.39 is 0 Å². The summed E-state index contributed by atoms with van der Waals surface area (Å²) in [4.78, 5) is 0. The summed E-state index contributed by atoms with van der Waals surface area (Å²) in [5.74, 6) is 1.89. The molecule has 0 aliphatic heterocycles. The highest BCUT2D eigenvalue weighted by Crippen LogP contribution is 2.32. The van der Waals surface area contributed by atoms with E-state index in [2.05, 4.69) is 19.2 Å². The molecule has 0 aromatic heterocycles. The van der Waals surface area contributed by atoms with Crippen molar-refractivity contribution >= 4 is 0 Å². The first-order valence-electron chi connectivity index (χ1n) is 5.03. The quantitative estimate of drug-likeness (QED) is 0.641. The summed E-state index contributed by atoms with van der Waals surface area (Å²) in [5, 5.41) is 3.75. The van der Waals surface area contributed by atoms with Crippen molar-refractivity contribution < 1.29 is 0 Å². The lowest BCUT2D eigenvalue weighted by molar-refractivity contribution is 0.140. The Balaban J connectivity index is 1.73. The SMILES string of the molecule is CC1CCC1NC1CCC1C. The van der Waals surface area contributed by atoms with E-state index in [-0.39, 0.29) is 0 Å². The van der Waals surface area contributed by atoms with E-state index in [4.69, 9.17) is 0 Å². The molecule has 11 heavy (non-hydrogen) atoms. The molecule has 0 aromatic carbocycles. The van der Waals surface area contributed by atoms with Crippen molar-refractivity contribution in [2.75, 3.05) is 0 Å². The van der Waals surface area contributed by atoms with Crippen LogP contribution in [0.1, 0.15) is 39.5 Å². The lowest BCUT2D eigenvalue weighted by Crippen LogP contribution is -2.53. The van der Waals surface area contributed by atoms with Crippen molar-refractivity contribution in [1.82, 2.24) is 5.32 Å². The molecule has 0 spiro atoms. The maximum absolute atomic E-state index is 3.75. The van der Waals surface area contributed by atoms with Crippen molar-refractivity contribution in [2.45, 2.75) is 51.6 Å². The van der Waals surface area contributed by atoms with Crippen LogP contribution >= 0.6 is 0 Å². The largest absolute Gasteiger partial charge is 0.311 e. The molecule has 2 aliphatic carbocycles. The summed E-state index contributed by atoms with van der Waals surface area (Å²) in [5.41, 5.74) is 0. The predicted molar refractivity (Wildman–Crippen MR) is 47.5 cm³/mol. The molecule has 2 fully saturated rings. The fraction of sp³-hybridized carbons (Fsp3) is 1.00. The lowest BCUT2D eigenvalue weighted by atomic mass is 9.76. The number of hydrogen-bond donors (Lipinski definition) is 1. The van der Waals surface area contributed by atoms with Gasteiger partial charge in [-0.15, -0.1) is 0 Å². The van der Waals surface area contributed by atoms with Gasteiger partial charge in [0.05, 0.1) is 0 Å². The predicted octanol–water partition coefficient (Wildman–Crippen LogP) is 2.17. The van der Waals surface area contributed by atoms with Gasteiger partial charge in [0.15, 0.2) is 0 Å². The van der Waals surface area contributed by atoms with Crippen LogP contribution in [-0.2, 0) is 0 Å². The average Bonchev–Trinajstić information content (AvgIpc) is 1.99. The summed E-state index contributed by atoms with van der Waals surface area (Å²) in [6.45, 7) is 4.73. The summed E-state index contributed by atoms with van der Waals surface area (Å²) in [7, 11) is 0. The Labute approximate surface area is 69.6 Å². The van der Waals surface area contributed by atoms with Crippen LogP contribution in [0.25, 0.3) is 0 Å². The summed E-state index contributed by atoms with van der Waals surface area (Å²) < 4.78 is 0. The molecule has 0 aromatic rings. The Kier molecular flexibility index (Phi) is 1.92. The third-order valence-corrected chi connectivity index (χ3v) is 3.67. The molecule has 2 aliphatic rings. The van der Waals surface area contributed by atoms with Gasteiger partial charge in [-0.25, -0.2) is 0 Å². The van der Waals surface area contributed by atoms with Crippen LogP contribution in [0, 0.1) is 11.8 Å². The topological polar surface area (TPSA) is 12.0 Å². The van der Waals surface area contributed by atoms with Crippen LogP contribution in [0.3, 0.4) is 0 Å². The van der Waals surface area contributed by atoms with Crippen LogP contribution < -0.4 is 5.32 Å². The molecule has 4 atom stereocenters. The van der Waals surface area contributed by atoms with E-state index in [1.807, 2.05) is 0 Å². The molecule has 2 rings (SSSR count). The van der Waals surface area contributed by atoms with Crippen LogP contribution in [0.4, 0.5) is 0 Å². The minimum absolute atomic E-state index is 0.864. The molecule has 0 heterocycles. The average molecular weight is 153 g/mol. The fourth-order valence-electron chi connectivity index (χ4n) is 2.10.